The van der Waals surface area contributed by atoms with Crippen LogP contribution in [0.25, 0.3) is 0 Å². The third-order valence-electron chi connectivity index (χ3n) is 2.88. The van der Waals surface area contributed by atoms with Crippen LogP contribution in [0, 0.1) is 5.92 Å². The van der Waals surface area contributed by atoms with E-state index in [2.05, 4.69) is 32.3 Å². The second kappa shape index (κ2) is 4.08. The van der Waals surface area contributed by atoms with Gasteiger partial charge in [0.1, 0.15) is 0 Å². The minimum absolute atomic E-state index is 0.701. The van der Waals surface area contributed by atoms with Crippen LogP contribution in [0.3, 0.4) is 0 Å². The summed E-state index contributed by atoms with van der Waals surface area (Å²) in [6.45, 7) is 13.3. The Labute approximate surface area is 76.5 Å². The molecule has 1 fully saturated rings. The number of hydrogen-bond donors (Lipinski definition) is 0. The van der Waals surface area contributed by atoms with Crippen molar-refractivity contribution >= 4 is 0 Å². The number of rotatable bonds is 2. The van der Waals surface area contributed by atoms with Crippen molar-refractivity contribution in [1.82, 2.24) is 4.90 Å². The summed E-state index contributed by atoms with van der Waals surface area (Å²) in [6.07, 6.45) is 2.69. The van der Waals surface area contributed by atoms with Crippen LogP contribution in [0.2, 0.25) is 0 Å². The maximum absolute atomic E-state index is 4.05. The Balaban J connectivity index is 2.46. The van der Waals surface area contributed by atoms with E-state index in [0.29, 0.717) is 6.04 Å². The van der Waals surface area contributed by atoms with Crippen molar-refractivity contribution in [3.8, 4) is 0 Å². The number of nitrogens with zero attached hydrogens (tertiary/aromatic N) is 1. The maximum Gasteiger partial charge on any atom is 0.00495 e. The summed E-state index contributed by atoms with van der Waals surface area (Å²) in [5.74, 6) is 0.751. The van der Waals surface area contributed by atoms with Gasteiger partial charge in [-0.3, -0.25) is 0 Å². The predicted octanol–water partition coefficient (Wildman–Crippen LogP) is 2.68. The Kier molecular flexibility index (Phi) is 3.33. The Morgan fingerprint density at radius 3 is 2.67 bits per heavy atom. The van der Waals surface area contributed by atoms with Gasteiger partial charge in [-0.05, 0) is 46.1 Å². The van der Waals surface area contributed by atoms with E-state index < -0.39 is 0 Å². The molecule has 0 bridgehead atoms. The van der Waals surface area contributed by atoms with Gasteiger partial charge in [0.2, 0.25) is 0 Å². The third kappa shape index (κ3) is 2.34. The van der Waals surface area contributed by atoms with Gasteiger partial charge in [0.15, 0.2) is 0 Å². The molecule has 1 nitrogen and oxygen atoms in total. The molecule has 1 heteroatoms. The molecule has 0 aromatic heterocycles. The summed E-state index contributed by atoms with van der Waals surface area (Å²) in [6, 6.07) is 0.701. The highest BCUT2D eigenvalue weighted by molar-refractivity contribution is 4.99. The fraction of sp³-hybridized carbons (Fsp3) is 0.818. The molecule has 0 amide bonds. The zero-order chi connectivity index (χ0) is 9.14. The van der Waals surface area contributed by atoms with E-state index in [9.17, 15) is 0 Å². The van der Waals surface area contributed by atoms with E-state index in [-0.39, 0.29) is 0 Å². The van der Waals surface area contributed by atoms with Gasteiger partial charge >= 0.3 is 0 Å². The molecular formula is C11H21N. The molecule has 0 saturated carbocycles. The Morgan fingerprint density at radius 1 is 1.50 bits per heavy atom. The van der Waals surface area contributed by atoms with Gasteiger partial charge in [0.25, 0.3) is 0 Å². The fourth-order valence-corrected chi connectivity index (χ4v) is 1.88. The maximum atomic E-state index is 4.05. The number of hydrogen-bond acceptors (Lipinski definition) is 1. The summed E-state index contributed by atoms with van der Waals surface area (Å²) in [4.78, 5) is 2.56. The van der Waals surface area contributed by atoms with Gasteiger partial charge in [0.05, 0.1) is 0 Å². The first kappa shape index (κ1) is 9.79. The van der Waals surface area contributed by atoms with Crippen LogP contribution in [0.5, 0.6) is 0 Å². The van der Waals surface area contributed by atoms with Crippen LogP contribution in [0.15, 0.2) is 12.2 Å². The molecule has 12 heavy (non-hydrogen) atoms. The van der Waals surface area contributed by atoms with Crippen molar-refractivity contribution in [2.45, 2.75) is 39.7 Å². The largest absolute Gasteiger partial charge is 0.300 e. The molecule has 1 aliphatic rings. The lowest BCUT2D eigenvalue weighted by Gasteiger charge is -2.35. The molecule has 0 aliphatic carbocycles. The molecule has 0 radical (unpaired) electrons. The van der Waals surface area contributed by atoms with Crippen molar-refractivity contribution in [3.63, 3.8) is 0 Å². The Morgan fingerprint density at radius 2 is 2.17 bits per heavy atom. The molecular weight excluding hydrogens is 146 g/mol. The zero-order valence-corrected chi connectivity index (χ0v) is 8.64. The molecule has 1 heterocycles. The lowest BCUT2D eigenvalue weighted by atomic mass is 9.92. The lowest BCUT2D eigenvalue weighted by molar-refractivity contribution is 0.154. The number of likely N-dealkylation sites (tertiary alicyclic amines) is 1. The van der Waals surface area contributed by atoms with Gasteiger partial charge in [-0.15, -0.1) is 0 Å². The van der Waals surface area contributed by atoms with Gasteiger partial charge in [-0.1, -0.05) is 12.2 Å². The van der Waals surface area contributed by atoms with Gasteiger partial charge in [0, 0.05) is 12.6 Å². The van der Waals surface area contributed by atoms with Crippen LogP contribution in [0.4, 0.5) is 0 Å². The summed E-state index contributed by atoms with van der Waals surface area (Å²) >= 11 is 0. The Bertz CT molecular complexity index is 160. The second-order valence-corrected chi connectivity index (χ2v) is 4.27. The topological polar surface area (TPSA) is 3.24 Å². The smallest absolute Gasteiger partial charge is 0.00495 e. The summed E-state index contributed by atoms with van der Waals surface area (Å²) in [7, 11) is 0. The predicted molar refractivity (Wildman–Crippen MR) is 54.2 cm³/mol. The molecule has 1 rings (SSSR count). The summed E-state index contributed by atoms with van der Waals surface area (Å²) in [5, 5.41) is 0. The van der Waals surface area contributed by atoms with Crippen LogP contribution in [-0.2, 0) is 0 Å². The standard InChI is InChI=1S/C11H21N/c1-9(2)11-6-5-7-12(8-11)10(3)4/h10-11H,1,5-8H2,2-4H3/t11-/m1/s1. The average molecular weight is 167 g/mol. The highest BCUT2D eigenvalue weighted by Gasteiger charge is 2.21. The van der Waals surface area contributed by atoms with E-state index in [1.165, 1.54) is 31.5 Å². The van der Waals surface area contributed by atoms with Gasteiger partial charge in [-0.25, -0.2) is 0 Å². The Hall–Kier alpha value is -0.300. The first-order valence-corrected chi connectivity index (χ1v) is 5.00. The SMILES string of the molecule is C=C(C)[C@@H]1CCCN(C(C)C)C1. The molecule has 1 atom stereocenters. The molecule has 0 aromatic carbocycles. The zero-order valence-electron chi connectivity index (χ0n) is 8.64. The first-order valence-electron chi connectivity index (χ1n) is 5.00. The van der Waals surface area contributed by atoms with E-state index in [1.54, 1.807) is 0 Å². The normalized spacial score (nSPS) is 26.2. The van der Waals surface area contributed by atoms with Crippen LogP contribution >= 0.6 is 0 Å². The van der Waals surface area contributed by atoms with Crippen molar-refractivity contribution in [2.24, 2.45) is 5.92 Å². The molecule has 0 spiro atoms. The van der Waals surface area contributed by atoms with Crippen molar-refractivity contribution in [3.05, 3.63) is 12.2 Å². The monoisotopic (exact) mass is 167 g/mol. The molecule has 1 aliphatic heterocycles. The van der Waals surface area contributed by atoms with Crippen LogP contribution < -0.4 is 0 Å². The highest BCUT2D eigenvalue weighted by atomic mass is 15.2. The first-order chi connectivity index (χ1) is 5.61. The van der Waals surface area contributed by atoms with E-state index >= 15 is 0 Å². The molecule has 0 unspecified atom stereocenters. The van der Waals surface area contributed by atoms with E-state index in [1.807, 2.05) is 0 Å². The van der Waals surface area contributed by atoms with E-state index in [0.717, 1.165) is 5.92 Å². The van der Waals surface area contributed by atoms with Crippen LogP contribution in [-0.4, -0.2) is 24.0 Å². The molecule has 0 aromatic rings. The number of piperidine rings is 1. The summed E-state index contributed by atoms with van der Waals surface area (Å²) < 4.78 is 0. The molecule has 0 N–H and O–H groups in total. The molecule has 1 saturated heterocycles. The molecule has 70 valence electrons. The average Bonchev–Trinajstić information content (AvgIpc) is 2.04. The quantitative estimate of drug-likeness (QED) is 0.572. The fourth-order valence-electron chi connectivity index (χ4n) is 1.88. The van der Waals surface area contributed by atoms with E-state index in [4.69, 9.17) is 0 Å². The third-order valence-corrected chi connectivity index (χ3v) is 2.88. The minimum atomic E-state index is 0.701. The van der Waals surface area contributed by atoms with Crippen molar-refractivity contribution < 1.29 is 0 Å². The van der Waals surface area contributed by atoms with Crippen molar-refractivity contribution in [2.75, 3.05) is 13.1 Å². The summed E-state index contributed by atoms with van der Waals surface area (Å²) in [5.41, 5.74) is 1.36. The van der Waals surface area contributed by atoms with Gasteiger partial charge in [-0.2, -0.15) is 0 Å². The highest BCUT2D eigenvalue weighted by Crippen LogP contribution is 2.23. The minimum Gasteiger partial charge on any atom is -0.300 e. The lowest BCUT2D eigenvalue weighted by Crippen LogP contribution is -2.40. The van der Waals surface area contributed by atoms with Gasteiger partial charge < -0.3 is 4.90 Å². The van der Waals surface area contributed by atoms with Crippen molar-refractivity contribution in [1.29, 1.82) is 0 Å². The second-order valence-electron chi connectivity index (χ2n) is 4.27. The van der Waals surface area contributed by atoms with Crippen LogP contribution in [0.1, 0.15) is 33.6 Å².